The molecular formula is C18H32N6O. The lowest BCUT2D eigenvalue weighted by Crippen LogP contribution is -2.44. The molecule has 1 aromatic heterocycles. The summed E-state index contributed by atoms with van der Waals surface area (Å²) in [7, 11) is 3.79. The predicted octanol–water partition coefficient (Wildman–Crippen LogP) is 1.22. The van der Waals surface area contributed by atoms with Crippen molar-refractivity contribution in [2.75, 3.05) is 20.1 Å². The van der Waals surface area contributed by atoms with Crippen molar-refractivity contribution < 1.29 is 4.79 Å². The van der Waals surface area contributed by atoms with Gasteiger partial charge in [-0.2, -0.15) is 5.10 Å². The monoisotopic (exact) mass is 348 g/mol. The molecule has 0 saturated carbocycles. The van der Waals surface area contributed by atoms with Crippen LogP contribution < -0.4 is 10.6 Å². The Morgan fingerprint density at radius 2 is 2.08 bits per heavy atom. The van der Waals surface area contributed by atoms with Gasteiger partial charge in [-0.15, -0.1) is 0 Å². The van der Waals surface area contributed by atoms with E-state index in [1.165, 1.54) is 11.3 Å². The Morgan fingerprint density at radius 1 is 1.32 bits per heavy atom. The summed E-state index contributed by atoms with van der Waals surface area (Å²) < 4.78 is 1.98. The van der Waals surface area contributed by atoms with E-state index in [-0.39, 0.29) is 11.9 Å². The highest BCUT2D eigenvalue weighted by molar-refractivity contribution is 5.80. The van der Waals surface area contributed by atoms with E-state index in [9.17, 15) is 4.79 Å². The second kappa shape index (κ2) is 8.87. The number of hydrogen-bond acceptors (Lipinski definition) is 3. The summed E-state index contributed by atoms with van der Waals surface area (Å²) in [5, 5.41) is 11.5. The molecule has 1 aliphatic rings. The van der Waals surface area contributed by atoms with Gasteiger partial charge in [0.05, 0.1) is 5.69 Å². The highest BCUT2D eigenvalue weighted by atomic mass is 16.2. The van der Waals surface area contributed by atoms with Crippen molar-refractivity contribution in [2.24, 2.45) is 12.0 Å². The summed E-state index contributed by atoms with van der Waals surface area (Å²) in [5.74, 6) is 1.01. The normalized spacial score (nSPS) is 17.9. The Kier molecular flexibility index (Phi) is 6.84. The number of rotatable bonds is 6. The summed E-state index contributed by atoms with van der Waals surface area (Å²) in [6.45, 7) is 8.49. The van der Waals surface area contributed by atoms with Gasteiger partial charge in [-0.25, -0.2) is 0 Å². The number of carbonyl (C=O) groups excluding carboxylic acids is 1. The van der Waals surface area contributed by atoms with E-state index in [1.54, 1.807) is 7.05 Å². The van der Waals surface area contributed by atoms with Crippen LogP contribution in [0, 0.1) is 0 Å². The van der Waals surface area contributed by atoms with E-state index >= 15 is 0 Å². The molecule has 0 radical (unpaired) electrons. The van der Waals surface area contributed by atoms with Gasteiger partial charge in [-0.3, -0.25) is 14.5 Å². The van der Waals surface area contributed by atoms with E-state index in [0.29, 0.717) is 13.0 Å². The molecule has 1 aliphatic heterocycles. The van der Waals surface area contributed by atoms with Gasteiger partial charge < -0.3 is 15.5 Å². The predicted molar refractivity (Wildman–Crippen MR) is 101 cm³/mol. The molecule has 2 N–H and O–H groups in total. The molecule has 1 aromatic rings. The molecule has 25 heavy (non-hydrogen) atoms. The molecule has 1 fully saturated rings. The minimum Gasteiger partial charge on any atom is -0.352 e. The third kappa shape index (κ3) is 4.52. The second-order valence-electron chi connectivity index (χ2n) is 6.45. The van der Waals surface area contributed by atoms with Gasteiger partial charge in [0.25, 0.3) is 0 Å². The molecule has 1 saturated heterocycles. The first-order valence-corrected chi connectivity index (χ1v) is 9.32. The highest BCUT2D eigenvalue weighted by Crippen LogP contribution is 2.15. The van der Waals surface area contributed by atoms with E-state index in [1.807, 2.05) is 23.6 Å². The molecule has 1 atom stereocenters. The standard InChI is InChI=1S/C18H32N6O/c1-6-15-14(16(7-2)23(5)22-15)11-20-18(19-4)21-13-9-10-24(12-13)17(25)8-3/h13H,6-12H2,1-5H3,(H2,19,20,21). The molecule has 0 spiro atoms. The highest BCUT2D eigenvalue weighted by Gasteiger charge is 2.26. The summed E-state index contributed by atoms with van der Waals surface area (Å²) in [6.07, 6.45) is 3.41. The van der Waals surface area contributed by atoms with Crippen LogP contribution in [0.3, 0.4) is 0 Å². The van der Waals surface area contributed by atoms with E-state index in [2.05, 4.69) is 34.6 Å². The third-order valence-corrected chi connectivity index (χ3v) is 4.87. The van der Waals surface area contributed by atoms with Gasteiger partial charge in [0.1, 0.15) is 0 Å². The smallest absolute Gasteiger partial charge is 0.222 e. The lowest BCUT2D eigenvalue weighted by Gasteiger charge is -2.19. The summed E-state index contributed by atoms with van der Waals surface area (Å²) in [4.78, 5) is 18.1. The van der Waals surface area contributed by atoms with Crippen molar-refractivity contribution in [1.29, 1.82) is 0 Å². The zero-order chi connectivity index (χ0) is 18.4. The maximum atomic E-state index is 11.8. The summed E-state index contributed by atoms with van der Waals surface area (Å²) in [5.41, 5.74) is 3.67. The van der Waals surface area contributed by atoms with E-state index in [0.717, 1.165) is 44.0 Å². The first kappa shape index (κ1) is 19.3. The fourth-order valence-electron chi connectivity index (χ4n) is 3.48. The van der Waals surface area contributed by atoms with E-state index in [4.69, 9.17) is 0 Å². The van der Waals surface area contributed by atoms with Crippen LogP contribution in [0.2, 0.25) is 0 Å². The van der Waals surface area contributed by atoms with Gasteiger partial charge >= 0.3 is 0 Å². The Hall–Kier alpha value is -2.05. The molecule has 7 heteroatoms. The first-order chi connectivity index (χ1) is 12.0. The lowest BCUT2D eigenvalue weighted by atomic mass is 10.1. The Balaban J connectivity index is 1.95. The first-order valence-electron chi connectivity index (χ1n) is 9.32. The maximum absolute atomic E-state index is 11.8. The van der Waals surface area contributed by atoms with Crippen molar-refractivity contribution in [1.82, 2.24) is 25.3 Å². The van der Waals surface area contributed by atoms with Gasteiger partial charge in [-0.1, -0.05) is 20.8 Å². The molecule has 2 rings (SSSR count). The molecule has 1 amide bonds. The number of nitrogens with one attached hydrogen (secondary N) is 2. The molecule has 140 valence electrons. The van der Waals surface area contributed by atoms with Crippen LogP contribution in [0.5, 0.6) is 0 Å². The largest absolute Gasteiger partial charge is 0.352 e. The van der Waals surface area contributed by atoms with Crippen LogP contribution in [0.25, 0.3) is 0 Å². The number of aliphatic imine (C=N–C) groups is 1. The SMILES string of the molecule is CCC(=O)N1CCC(NC(=NC)NCc2c(CC)nn(C)c2CC)C1. The van der Waals surface area contributed by atoms with Crippen molar-refractivity contribution in [3.8, 4) is 0 Å². The van der Waals surface area contributed by atoms with Crippen molar-refractivity contribution in [2.45, 2.75) is 59.0 Å². The quantitative estimate of drug-likeness (QED) is 0.599. The molecule has 2 heterocycles. The molecular weight excluding hydrogens is 316 g/mol. The number of aromatic nitrogens is 2. The lowest BCUT2D eigenvalue weighted by molar-refractivity contribution is -0.129. The number of hydrogen-bond donors (Lipinski definition) is 2. The average molecular weight is 348 g/mol. The third-order valence-electron chi connectivity index (χ3n) is 4.87. The Labute approximate surface area is 150 Å². The second-order valence-corrected chi connectivity index (χ2v) is 6.45. The fraction of sp³-hybridized carbons (Fsp3) is 0.722. The molecule has 0 bridgehead atoms. The number of carbonyl (C=O) groups is 1. The topological polar surface area (TPSA) is 74.6 Å². The van der Waals surface area contributed by atoms with Crippen LogP contribution >= 0.6 is 0 Å². The summed E-state index contributed by atoms with van der Waals surface area (Å²) in [6, 6.07) is 0.256. The van der Waals surface area contributed by atoms with Gasteiger partial charge in [0.2, 0.25) is 5.91 Å². The van der Waals surface area contributed by atoms with Crippen LogP contribution in [0.4, 0.5) is 0 Å². The molecule has 1 unspecified atom stereocenters. The van der Waals surface area contributed by atoms with Crippen LogP contribution in [0.1, 0.15) is 50.6 Å². The molecule has 0 aromatic carbocycles. The minimum absolute atomic E-state index is 0.225. The Morgan fingerprint density at radius 3 is 2.68 bits per heavy atom. The maximum Gasteiger partial charge on any atom is 0.222 e. The van der Waals surface area contributed by atoms with Gasteiger partial charge in [-0.05, 0) is 19.3 Å². The fourth-order valence-corrected chi connectivity index (χ4v) is 3.48. The summed E-state index contributed by atoms with van der Waals surface area (Å²) >= 11 is 0. The van der Waals surface area contributed by atoms with Crippen molar-refractivity contribution in [3.63, 3.8) is 0 Å². The number of guanidine groups is 1. The van der Waals surface area contributed by atoms with Crippen molar-refractivity contribution in [3.05, 3.63) is 17.0 Å². The zero-order valence-electron chi connectivity index (χ0n) is 16.2. The van der Waals surface area contributed by atoms with Crippen LogP contribution in [-0.4, -0.2) is 52.7 Å². The van der Waals surface area contributed by atoms with Crippen molar-refractivity contribution >= 4 is 11.9 Å². The average Bonchev–Trinajstić information content (AvgIpc) is 3.21. The zero-order valence-corrected chi connectivity index (χ0v) is 16.2. The van der Waals surface area contributed by atoms with Crippen LogP contribution in [-0.2, 0) is 31.2 Å². The van der Waals surface area contributed by atoms with E-state index < -0.39 is 0 Å². The van der Waals surface area contributed by atoms with Crippen LogP contribution in [0.15, 0.2) is 4.99 Å². The number of aryl methyl sites for hydroxylation is 2. The number of likely N-dealkylation sites (tertiary alicyclic amines) is 1. The minimum atomic E-state index is 0.225. The molecule has 7 nitrogen and oxygen atoms in total. The molecule has 0 aliphatic carbocycles. The van der Waals surface area contributed by atoms with Gasteiger partial charge in [0.15, 0.2) is 5.96 Å². The number of amides is 1. The van der Waals surface area contributed by atoms with Gasteiger partial charge in [0, 0.05) is 57.4 Å². The Bertz CT molecular complexity index is 621. The number of nitrogens with zero attached hydrogens (tertiary/aromatic N) is 4.